The molecule has 1 atom stereocenters. The predicted octanol–water partition coefficient (Wildman–Crippen LogP) is -0.348. The minimum absolute atomic E-state index is 0.247. The van der Waals surface area contributed by atoms with E-state index in [0.29, 0.717) is 12.2 Å². The molecule has 2 heterocycles. The van der Waals surface area contributed by atoms with E-state index in [9.17, 15) is 4.79 Å². The number of nitrogens with two attached hydrogens (primary N) is 1. The van der Waals surface area contributed by atoms with E-state index in [0.717, 1.165) is 5.69 Å². The monoisotopic (exact) mass is 234 g/mol. The van der Waals surface area contributed by atoms with Gasteiger partial charge >= 0.3 is 0 Å². The fraction of sp³-hybridized carbons (Fsp3) is 0.300. The molecule has 0 spiro atoms. The Morgan fingerprint density at radius 3 is 3.12 bits per heavy atom. The standard InChI is InChI=1S/C10H14N6O/c1-16-9(2-3-14-16)15-10(17)8(11)4-7-5-12-6-13-7/h2-3,5-6,8H,4,11H2,1H3,(H,12,13)(H,15,17)/t8-/m0/s1. The third kappa shape index (κ3) is 2.70. The Morgan fingerprint density at radius 2 is 2.53 bits per heavy atom. The van der Waals surface area contributed by atoms with Crippen LogP contribution in [-0.2, 0) is 18.3 Å². The number of imidazole rings is 1. The Labute approximate surface area is 98.0 Å². The first-order valence-corrected chi connectivity index (χ1v) is 5.18. The van der Waals surface area contributed by atoms with Crippen LogP contribution in [-0.4, -0.2) is 31.7 Å². The quantitative estimate of drug-likeness (QED) is 0.673. The molecule has 2 rings (SSSR count). The topological polar surface area (TPSA) is 102 Å². The molecular weight excluding hydrogens is 220 g/mol. The number of hydrogen-bond acceptors (Lipinski definition) is 4. The normalized spacial score (nSPS) is 12.4. The molecule has 0 radical (unpaired) electrons. The zero-order chi connectivity index (χ0) is 12.3. The van der Waals surface area contributed by atoms with E-state index in [1.807, 2.05) is 0 Å². The molecule has 0 aliphatic rings. The number of amides is 1. The van der Waals surface area contributed by atoms with Gasteiger partial charge in [0.2, 0.25) is 5.91 Å². The van der Waals surface area contributed by atoms with E-state index in [1.165, 1.54) is 0 Å². The van der Waals surface area contributed by atoms with Gasteiger partial charge in [-0.05, 0) is 0 Å². The number of aryl methyl sites for hydroxylation is 1. The minimum atomic E-state index is -0.620. The van der Waals surface area contributed by atoms with Gasteiger partial charge in [0.1, 0.15) is 5.82 Å². The highest BCUT2D eigenvalue weighted by Gasteiger charge is 2.15. The van der Waals surface area contributed by atoms with Crippen molar-refractivity contribution in [1.82, 2.24) is 19.7 Å². The third-order valence-electron chi connectivity index (χ3n) is 2.40. The lowest BCUT2D eigenvalue weighted by Gasteiger charge is -2.11. The van der Waals surface area contributed by atoms with Gasteiger partial charge in [0.05, 0.1) is 18.6 Å². The molecule has 0 bridgehead atoms. The van der Waals surface area contributed by atoms with Gasteiger partial charge in [0, 0.05) is 31.4 Å². The van der Waals surface area contributed by atoms with Crippen LogP contribution in [0, 0.1) is 0 Å². The number of nitrogens with zero attached hydrogens (tertiary/aromatic N) is 3. The van der Waals surface area contributed by atoms with Gasteiger partial charge in [-0.25, -0.2) is 4.98 Å². The molecule has 0 aliphatic carbocycles. The van der Waals surface area contributed by atoms with Crippen molar-refractivity contribution in [2.24, 2.45) is 12.8 Å². The molecule has 0 aliphatic heterocycles. The van der Waals surface area contributed by atoms with Crippen LogP contribution < -0.4 is 11.1 Å². The van der Waals surface area contributed by atoms with Crippen molar-refractivity contribution >= 4 is 11.7 Å². The Balaban J connectivity index is 1.94. The van der Waals surface area contributed by atoms with Crippen LogP contribution in [0.2, 0.25) is 0 Å². The second kappa shape index (κ2) is 4.79. The summed E-state index contributed by atoms with van der Waals surface area (Å²) in [6.07, 6.45) is 5.23. The number of hydrogen-bond donors (Lipinski definition) is 3. The molecule has 2 aromatic heterocycles. The van der Waals surface area contributed by atoms with Gasteiger partial charge in [0.25, 0.3) is 0 Å². The number of carbonyl (C=O) groups is 1. The number of aromatic amines is 1. The highest BCUT2D eigenvalue weighted by atomic mass is 16.2. The number of nitrogens with one attached hydrogen (secondary N) is 2. The first kappa shape index (κ1) is 11.3. The summed E-state index contributed by atoms with van der Waals surface area (Å²) in [5.74, 6) is 0.373. The zero-order valence-electron chi connectivity index (χ0n) is 9.42. The van der Waals surface area contributed by atoms with Crippen LogP contribution in [0.25, 0.3) is 0 Å². The first-order valence-electron chi connectivity index (χ1n) is 5.18. The van der Waals surface area contributed by atoms with Gasteiger partial charge in [-0.2, -0.15) is 5.10 Å². The summed E-state index contributed by atoms with van der Waals surface area (Å²) in [6, 6.07) is 1.09. The molecule has 7 heteroatoms. The lowest BCUT2D eigenvalue weighted by molar-refractivity contribution is -0.117. The third-order valence-corrected chi connectivity index (χ3v) is 2.40. The second-order valence-corrected chi connectivity index (χ2v) is 3.72. The number of rotatable bonds is 4. The summed E-state index contributed by atoms with van der Waals surface area (Å²) in [4.78, 5) is 18.5. The summed E-state index contributed by atoms with van der Waals surface area (Å²) >= 11 is 0. The fourth-order valence-electron chi connectivity index (χ4n) is 1.44. The van der Waals surface area contributed by atoms with Crippen LogP contribution in [0.4, 0.5) is 5.82 Å². The highest BCUT2D eigenvalue weighted by Crippen LogP contribution is 2.05. The summed E-state index contributed by atoms with van der Waals surface area (Å²) in [5, 5.41) is 6.65. The molecule has 0 saturated heterocycles. The Hall–Kier alpha value is -2.15. The maximum Gasteiger partial charge on any atom is 0.242 e. The second-order valence-electron chi connectivity index (χ2n) is 3.72. The van der Waals surface area contributed by atoms with Crippen LogP contribution >= 0.6 is 0 Å². The van der Waals surface area contributed by atoms with E-state index in [1.54, 1.807) is 36.5 Å². The Bertz CT molecular complexity index is 489. The Kier molecular flexibility index (Phi) is 3.20. The van der Waals surface area contributed by atoms with E-state index in [2.05, 4.69) is 20.4 Å². The average molecular weight is 234 g/mol. The van der Waals surface area contributed by atoms with Crippen molar-refractivity contribution in [1.29, 1.82) is 0 Å². The van der Waals surface area contributed by atoms with Crippen molar-refractivity contribution < 1.29 is 4.79 Å². The first-order chi connectivity index (χ1) is 8.16. The van der Waals surface area contributed by atoms with E-state index in [-0.39, 0.29) is 5.91 Å². The molecule has 0 saturated carbocycles. The van der Waals surface area contributed by atoms with Crippen LogP contribution in [0.5, 0.6) is 0 Å². The lowest BCUT2D eigenvalue weighted by atomic mass is 10.1. The number of carbonyl (C=O) groups excluding carboxylic acids is 1. The molecule has 0 unspecified atom stereocenters. The van der Waals surface area contributed by atoms with Crippen molar-refractivity contribution in [2.45, 2.75) is 12.5 Å². The molecule has 0 aromatic carbocycles. The molecule has 90 valence electrons. The minimum Gasteiger partial charge on any atom is -0.348 e. The number of anilines is 1. The van der Waals surface area contributed by atoms with Crippen molar-refractivity contribution in [3.8, 4) is 0 Å². The van der Waals surface area contributed by atoms with E-state index < -0.39 is 6.04 Å². The molecular formula is C10H14N6O. The molecule has 1 amide bonds. The molecule has 2 aromatic rings. The summed E-state index contributed by atoms with van der Waals surface area (Å²) in [5.41, 5.74) is 6.62. The molecule has 4 N–H and O–H groups in total. The Morgan fingerprint density at radius 1 is 1.71 bits per heavy atom. The van der Waals surface area contributed by atoms with Gasteiger partial charge in [-0.15, -0.1) is 0 Å². The average Bonchev–Trinajstić information content (AvgIpc) is 2.91. The van der Waals surface area contributed by atoms with Crippen LogP contribution in [0.1, 0.15) is 5.69 Å². The molecule has 0 fully saturated rings. The smallest absolute Gasteiger partial charge is 0.242 e. The van der Waals surface area contributed by atoms with Crippen molar-refractivity contribution in [3.63, 3.8) is 0 Å². The molecule has 7 nitrogen and oxygen atoms in total. The van der Waals surface area contributed by atoms with Gasteiger partial charge in [0.15, 0.2) is 0 Å². The predicted molar refractivity (Wildman–Crippen MR) is 62.1 cm³/mol. The fourth-order valence-corrected chi connectivity index (χ4v) is 1.44. The van der Waals surface area contributed by atoms with Gasteiger partial charge in [-0.3, -0.25) is 9.48 Å². The van der Waals surface area contributed by atoms with Crippen molar-refractivity contribution in [3.05, 3.63) is 30.5 Å². The number of H-pyrrole nitrogens is 1. The lowest BCUT2D eigenvalue weighted by Crippen LogP contribution is -2.38. The van der Waals surface area contributed by atoms with Crippen LogP contribution in [0.3, 0.4) is 0 Å². The van der Waals surface area contributed by atoms with Crippen LogP contribution in [0.15, 0.2) is 24.8 Å². The maximum absolute atomic E-state index is 11.8. The largest absolute Gasteiger partial charge is 0.348 e. The maximum atomic E-state index is 11.8. The summed E-state index contributed by atoms with van der Waals surface area (Å²) in [7, 11) is 1.75. The number of aromatic nitrogens is 4. The summed E-state index contributed by atoms with van der Waals surface area (Å²) in [6.45, 7) is 0. The van der Waals surface area contributed by atoms with Gasteiger partial charge in [-0.1, -0.05) is 0 Å². The SMILES string of the molecule is Cn1nccc1NC(=O)[C@@H](N)Cc1cnc[nH]1. The van der Waals surface area contributed by atoms with E-state index in [4.69, 9.17) is 5.73 Å². The summed E-state index contributed by atoms with van der Waals surface area (Å²) < 4.78 is 1.57. The van der Waals surface area contributed by atoms with Crippen molar-refractivity contribution in [2.75, 3.05) is 5.32 Å². The van der Waals surface area contributed by atoms with E-state index >= 15 is 0 Å². The molecule has 17 heavy (non-hydrogen) atoms. The zero-order valence-corrected chi connectivity index (χ0v) is 9.42. The highest BCUT2D eigenvalue weighted by molar-refractivity contribution is 5.94. The van der Waals surface area contributed by atoms with Gasteiger partial charge < -0.3 is 16.0 Å².